The van der Waals surface area contributed by atoms with Crippen LogP contribution in [0.3, 0.4) is 0 Å². The third kappa shape index (κ3) is 6.40. The van der Waals surface area contributed by atoms with Crippen LogP contribution in [0.1, 0.15) is 35.9 Å². The number of carbonyl (C=O) groups is 3. The second-order valence-corrected chi connectivity index (χ2v) is 7.25. The van der Waals surface area contributed by atoms with E-state index in [0.717, 1.165) is 12.1 Å². The fourth-order valence-corrected chi connectivity index (χ4v) is 3.33. The van der Waals surface area contributed by atoms with Gasteiger partial charge >= 0.3 is 18.3 Å². The maximum Gasteiger partial charge on any atom is 0.418 e. The maximum absolute atomic E-state index is 13.6. The van der Waals surface area contributed by atoms with Gasteiger partial charge in [-0.2, -0.15) is 13.2 Å². The molecule has 1 aromatic carbocycles. The van der Waals surface area contributed by atoms with Gasteiger partial charge in [-0.3, -0.25) is 4.79 Å². The van der Waals surface area contributed by atoms with E-state index in [1.54, 1.807) is 6.92 Å². The Bertz CT molecular complexity index is 986. The van der Waals surface area contributed by atoms with Crippen molar-refractivity contribution in [1.82, 2.24) is 10.2 Å². The van der Waals surface area contributed by atoms with Crippen LogP contribution in [0.2, 0.25) is 0 Å². The van der Waals surface area contributed by atoms with Gasteiger partial charge in [0, 0.05) is 24.8 Å². The molecule has 9 nitrogen and oxygen atoms in total. The van der Waals surface area contributed by atoms with Crippen molar-refractivity contribution in [2.75, 3.05) is 30.3 Å². The van der Waals surface area contributed by atoms with Gasteiger partial charge in [0.25, 0.3) is 5.91 Å². The smallest absolute Gasteiger partial charge is 0.418 e. The van der Waals surface area contributed by atoms with Crippen LogP contribution in [-0.2, 0) is 10.9 Å². The molecule has 0 atom stereocenters. The zero-order valence-corrected chi connectivity index (χ0v) is 17.7. The Balaban J connectivity index is 1.62. The quantitative estimate of drug-likeness (QED) is 0.606. The molecule has 2 aromatic rings. The highest BCUT2D eigenvalue weighted by atomic mass is 19.4. The minimum absolute atomic E-state index is 0.0563. The largest absolute Gasteiger partial charge is 0.459 e. The van der Waals surface area contributed by atoms with E-state index < -0.39 is 35.5 Å². The fourth-order valence-electron chi connectivity index (χ4n) is 3.33. The number of benzene rings is 1. The van der Waals surface area contributed by atoms with Gasteiger partial charge in [-0.1, -0.05) is 0 Å². The lowest BCUT2D eigenvalue weighted by atomic mass is 10.1. The highest BCUT2D eigenvalue weighted by molar-refractivity contribution is 6.02. The number of hydrogen-bond acceptors (Lipinski definition) is 5. The molecule has 1 aliphatic rings. The summed E-state index contributed by atoms with van der Waals surface area (Å²) in [7, 11) is 0. The molecular weight excluding hydrogens is 445 g/mol. The Kier molecular flexibility index (Phi) is 7.46. The normalized spacial score (nSPS) is 14.5. The van der Waals surface area contributed by atoms with Crippen molar-refractivity contribution in [2.24, 2.45) is 0 Å². The van der Waals surface area contributed by atoms with Crippen molar-refractivity contribution in [1.29, 1.82) is 0 Å². The van der Waals surface area contributed by atoms with E-state index >= 15 is 0 Å². The number of likely N-dealkylation sites (tertiary alicyclic amines) is 1. The molecule has 12 heteroatoms. The summed E-state index contributed by atoms with van der Waals surface area (Å²) < 4.78 is 50.6. The number of urea groups is 1. The monoisotopic (exact) mass is 468 g/mol. The Hall–Kier alpha value is -3.70. The number of alkyl halides is 3. The predicted molar refractivity (Wildman–Crippen MR) is 112 cm³/mol. The molecule has 2 heterocycles. The molecule has 4 amide bonds. The highest BCUT2D eigenvalue weighted by Gasteiger charge is 2.35. The van der Waals surface area contributed by atoms with Gasteiger partial charge in [-0.15, -0.1) is 0 Å². The number of ether oxygens (including phenoxy) is 1. The number of rotatable bonds is 5. The number of furan rings is 1. The number of nitrogens with one attached hydrogen (secondary N) is 3. The van der Waals surface area contributed by atoms with Crippen LogP contribution in [0.5, 0.6) is 0 Å². The third-order valence-electron chi connectivity index (χ3n) is 4.93. The van der Waals surface area contributed by atoms with Gasteiger partial charge in [0.2, 0.25) is 0 Å². The molecule has 0 aliphatic carbocycles. The molecule has 0 spiro atoms. The molecule has 3 rings (SSSR count). The van der Waals surface area contributed by atoms with Crippen LogP contribution in [0.4, 0.5) is 34.1 Å². The van der Waals surface area contributed by atoms with Crippen LogP contribution in [0.25, 0.3) is 0 Å². The van der Waals surface area contributed by atoms with E-state index in [1.807, 2.05) is 0 Å². The standard InChI is InChI=1S/C21H23F3N4O5/c1-2-32-20(31)28-9-7-13(8-10-28)26-19(30)27-16-6-5-14(12-15(16)21(22,23)24)25-18(29)17-4-3-11-33-17/h3-6,11-13H,2,7-10H2,1H3,(H,25,29)(H2,26,27,30). The Labute approximate surface area is 187 Å². The summed E-state index contributed by atoms with van der Waals surface area (Å²) in [6, 6.07) is 4.76. The van der Waals surface area contributed by atoms with E-state index in [4.69, 9.17) is 9.15 Å². The Morgan fingerprint density at radius 3 is 2.48 bits per heavy atom. The molecule has 1 fully saturated rings. The molecule has 3 N–H and O–H groups in total. The number of nitrogens with zero attached hydrogens (tertiary/aromatic N) is 1. The maximum atomic E-state index is 13.6. The molecule has 178 valence electrons. The Morgan fingerprint density at radius 1 is 1.15 bits per heavy atom. The van der Waals surface area contributed by atoms with Crippen LogP contribution >= 0.6 is 0 Å². The van der Waals surface area contributed by atoms with E-state index in [9.17, 15) is 27.6 Å². The first-order valence-corrected chi connectivity index (χ1v) is 10.2. The zero-order valence-electron chi connectivity index (χ0n) is 17.7. The molecule has 0 bridgehead atoms. The second kappa shape index (κ2) is 10.3. The molecule has 0 saturated carbocycles. The van der Waals surface area contributed by atoms with Crippen molar-refractivity contribution in [3.63, 3.8) is 0 Å². The number of anilines is 2. The van der Waals surface area contributed by atoms with Crippen LogP contribution in [-0.4, -0.2) is 48.7 Å². The summed E-state index contributed by atoms with van der Waals surface area (Å²) in [5.74, 6) is -0.764. The first-order valence-electron chi connectivity index (χ1n) is 10.2. The van der Waals surface area contributed by atoms with Crippen molar-refractivity contribution in [2.45, 2.75) is 32.0 Å². The lowest BCUT2D eigenvalue weighted by molar-refractivity contribution is -0.136. The van der Waals surface area contributed by atoms with E-state index in [2.05, 4.69) is 16.0 Å². The van der Waals surface area contributed by atoms with Crippen molar-refractivity contribution in [3.05, 3.63) is 47.9 Å². The van der Waals surface area contributed by atoms with Crippen LogP contribution < -0.4 is 16.0 Å². The van der Waals surface area contributed by atoms with Gasteiger partial charge in [0.15, 0.2) is 5.76 Å². The van der Waals surface area contributed by atoms with Crippen molar-refractivity contribution >= 4 is 29.4 Å². The first-order chi connectivity index (χ1) is 15.7. The summed E-state index contributed by atoms with van der Waals surface area (Å²) in [6.45, 7) is 2.68. The fraction of sp³-hybridized carbons (Fsp3) is 0.381. The molecule has 1 aromatic heterocycles. The summed E-state index contributed by atoms with van der Waals surface area (Å²) in [5, 5.41) is 7.17. The summed E-state index contributed by atoms with van der Waals surface area (Å²) in [5.41, 5.74) is -1.69. The van der Waals surface area contributed by atoms with E-state index in [1.165, 1.54) is 29.4 Å². The molecule has 1 aliphatic heterocycles. The van der Waals surface area contributed by atoms with Gasteiger partial charge in [0.05, 0.1) is 24.1 Å². The molecule has 1 saturated heterocycles. The van der Waals surface area contributed by atoms with Gasteiger partial charge in [-0.05, 0) is 50.1 Å². The topological polar surface area (TPSA) is 113 Å². The Morgan fingerprint density at radius 2 is 1.88 bits per heavy atom. The lowest BCUT2D eigenvalue weighted by Gasteiger charge is -2.31. The third-order valence-corrected chi connectivity index (χ3v) is 4.93. The van der Waals surface area contributed by atoms with Crippen LogP contribution in [0.15, 0.2) is 41.0 Å². The summed E-state index contributed by atoms with van der Waals surface area (Å²) in [4.78, 5) is 37.6. The average molecular weight is 468 g/mol. The first kappa shape index (κ1) is 24.0. The van der Waals surface area contributed by atoms with Gasteiger partial charge in [0.1, 0.15) is 0 Å². The number of halogens is 3. The SMILES string of the molecule is CCOC(=O)N1CCC(NC(=O)Nc2ccc(NC(=O)c3ccco3)cc2C(F)(F)F)CC1. The molecule has 33 heavy (non-hydrogen) atoms. The molecule has 0 radical (unpaired) electrons. The van der Waals surface area contributed by atoms with Crippen molar-refractivity contribution in [3.8, 4) is 0 Å². The van der Waals surface area contributed by atoms with Gasteiger partial charge in [-0.25, -0.2) is 9.59 Å². The van der Waals surface area contributed by atoms with Crippen LogP contribution in [0, 0.1) is 0 Å². The summed E-state index contributed by atoms with van der Waals surface area (Å²) >= 11 is 0. The summed E-state index contributed by atoms with van der Waals surface area (Å²) in [6.07, 6.45) is -3.07. The lowest BCUT2D eigenvalue weighted by Crippen LogP contribution is -2.47. The van der Waals surface area contributed by atoms with Gasteiger partial charge < -0.3 is 30.0 Å². The molecule has 0 unspecified atom stereocenters. The van der Waals surface area contributed by atoms with Crippen molar-refractivity contribution < 1.29 is 36.7 Å². The minimum Gasteiger partial charge on any atom is -0.459 e. The molecular formula is C21H23F3N4O5. The number of hydrogen-bond donors (Lipinski definition) is 3. The number of piperidine rings is 1. The van der Waals surface area contributed by atoms with E-state index in [0.29, 0.717) is 25.9 Å². The minimum atomic E-state index is -4.78. The second-order valence-electron chi connectivity index (χ2n) is 7.25. The highest BCUT2D eigenvalue weighted by Crippen LogP contribution is 2.36. The predicted octanol–water partition coefficient (Wildman–Crippen LogP) is 4.29. The number of amides is 4. The number of carbonyl (C=O) groups excluding carboxylic acids is 3. The van der Waals surface area contributed by atoms with E-state index in [-0.39, 0.29) is 24.1 Å². The zero-order chi connectivity index (χ0) is 24.0. The average Bonchev–Trinajstić information content (AvgIpc) is 3.30.